The van der Waals surface area contributed by atoms with Gasteiger partial charge in [-0.15, -0.1) is 11.8 Å². The molecule has 0 saturated heterocycles. The number of hydrogen-bond donors (Lipinski definition) is 1. The number of amides is 1. The van der Waals surface area contributed by atoms with Crippen LogP contribution in [0.3, 0.4) is 0 Å². The molecule has 0 fully saturated rings. The van der Waals surface area contributed by atoms with E-state index < -0.39 is 0 Å². The SMILES string of the molecule is CCCOc1ccccc1CCCNC(=O)CSCc1c(Cl)cccc1Cl. The van der Waals surface area contributed by atoms with Crippen molar-refractivity contribution in [2.45, 2.75) is 31.9 Å². The molecule has 27 heavy (non-hydrogen) atoms. The highest BCUT2D eigenvalue weighted by Gasteiger charge is 2.08. The molecule has 1 N–H and O–H groups in total. The molecule has 0 aliphatic heterocycles. The van der Waals surface area contributed by atoms with Crippen molar-refractivity contribution in [1.82, 2.24) is 5.32 Å². The summed E-state index contributed by atoms with van der Waals surface area (Å²) in [5.74, 6) is 1.97. The van der Waals surface area contributed by atoms with Gasteiger partial charge in [-0.1, -0.05) is 54.4 Å². The van der Waals surface area contributed by atoms with Gasteiger partial charge in [-0.05, 0) is 48.6 Å². The molecule has 2 aromatic carbocycles. The van der Waals surface area contributed by atoms with E-state index >= 15 is 0 Å². The van der Waals surface area contributed by atoms with Gasteiger partial charge in [-0.3, -0.25) is 4.79 Å². The number of carbonyl (C=O) groups excluding carboxylic acids is 1. The summed E-state index contributed by atoms with van der Waals surface area (Å²) in [7, 11) is 0. The third-order valence-electron chi connectivity index (χ3n) is 3.92. The molecular formula is C21H25Cl2NO2S. The van der Waals surface area contributed by atoms with Crippen LogP contribution in [-0.2, 0) is 17.0 Å². The van der Waals surface area contributed by atoms with Crippen molar-refractivity contribution in [3.8, 4) is 5.75 Å². The molecular weight excluding hydrogens is 401 g/mol. The number of hydrogen-bond acceptors (Lipinski definition) is 3. The van der Waals surface area contributed by atoms with Gasteiger partial charge in [0.2, 0.25) is 5.91 Å². The van der Waals surface area contributed by atoms with Crippen molar-refractivity contribution in [2.24, 2.45) is 0 Å². The lowest BCUT2D eigenvalue weighted by molar-refractivity contribution is -0.118. The van der Waals surface area contributed by atoms with E-state index in [1.165, 1.54) is 17.3 Å². The lowest BCUT2D eigenvalue weighted by atomic mass is 10.1. The predicted octanol–water partition coefficient (Wildman–Crippen LogP) is 5.76. The smallest absolute Gasteiger partial charge is 0.230 e. The van der Waals surface area contributed by atoms with Crippen LogP contribution in [0.5, 0.6) is 5.75 Å². The summed E-state index contributed by atoms with van der Waals surface area (Å²) >= 11 is 13.8. The highest BCUT2D eigenvalue weighted by atomic mass is 35.5. The molecule has 2 aromatic rings. The molecule has 0 heterocycles. The zero-order chi connectivity index (χ0) is 19.5. The van der Waals surface area contributed by atoms with Gasteiger partial charge in [0.15, 0.2) is 0 Å². The molecule has 0 radical (unpaired) electrons. The maximum Gasteiger partial charge on any atom is 0.230 e. The number of ether oxygens (including phenoxy) is 1. The van der Waals surface area contributed by atoms with Crippen LogP contribution < -0.4 is 10.1 Å². The molecule has 1 amide bonds. The van der Waals surface area contributed by atoms with Crippen LogP contribution in [-0.4, -0.2) is 24.8 Å². The zero-order valence-electron chi connectivity index (χ0n) is 15.5. The third-order valence-corrected chi connectivity index (χ3v) is 5.59. The van der Waals surface area contributed by atoms with Crippen molar-refractivity contribution in [1.29, 1.82) is 0 Å². The lowest BCUT2D eigenvalue weighted by Gasteiger charge is -2.11. The Balaban J connectivity index is 1.67. The number of benzene rings is 2. The van der Waals surface area contributed by atoms with Crippen LogP contribution in [0.4, 0.5) is 0 Å². The molecule has 0 atom stereocenters. The highest BCUT2D eigenvalue weighted by Crippen LogP contribution is 2.28. The second-order valence-electron chi connectivity index (χ2n) is 6.10. The van der Waals surface area contributed by atoms with Gasteiger partial charge >= 0.3 is 0 Å². The summed E-state index contributed by atoms with van der Waals surface area (Å²) < 4.78 is 5.77. The molecule has 6 heteroatoms. The first kappa shape index (κ1) is 21.9. The van der Waals surface area contributed by atoms with Crippen molar-refractivity contribution < 1.29 is 9.53 Å². The lowest BCUT2D eigenvalue weighted by Crippen LogP contribution is -2.26. The Morgan fingerprint density at radius 3 is 2.59 bits per heavy atom. The first-order valence-corrected chi connectivity index (χ1v) is 11.0. The maximum atomic E-state index is 12.0. The van der Waals surface area contributed by atoms with Gasteiger partial charge in [-0.25, -0.2) is 0 Å². The molecule has 0 saturated carbocycles. The fraction of sp³-hybridized carbons (Fsp3) is 0.381. The van der Waals surface area contributed by atoms with E-state index in [0.717, 1.165) is 37.2 Å². The van der Waals surface area contributed by atoms with Crippen molar-refractivity contribution in [2.75, 3.05) is 18.9 Å². The number of rotatable bonds is 11. The van der Waals surface area contributed by atoms with E-state index in [-0.39, 0.29) is 5.91 Å². The standard InChI is InChI=1S/C21H25Cl2NO2S/c1-2-13-26-20-11-4-3-7-16(20)8-6-12-24-21(25)15-27-14-17-18(22)9-5-10-19(17)23/h3-5,7,9-11H,2,6,8,12-15H2,1H3,(H,24,25). The van der Waals surface area contributed by atoms with Crippen molar-refractivity contribution >= 4 is 40.9 Å². The summed E-state index contributed by atoms with van der Waals surface area (Å²) in [6.45, 7) is 3.46. The van der Waals surface area contributed by atoms with E-state index in [1.807, 2.05) is 36.4 Å². The van der Waals surface area contributed by atoms with Gasteiger partial charge < -0.3 is 10.1 Å². The van der Waals surface area contributed by atoms with Crippen molar-refractivity contribution in [3.05, 3.63) is 63.6 Å². The Kier molecular flexibility index (Phi) is 9.89. The summed E-state index contributed by atoms with van der Waals surface area (Å²) in [6, 6.07) is 13.5. The quantitative estimate of drug-likeness (QED) is 0.464. The molecule has 2 rings (SSSR count). The van der Waals surface area contributed by atoms with Crippen LogP contribution in [0.2, 0.25) is 10.0 Å². The minimum absolute atomic E-state index is 0.0266. The molecule has 0 bridgehead atoms. The average Bonchev–Trinajstić information content (AvgIpc) is 2.66. The van der Waals surface area contributed by atoms with Crippen LogP contribution >= 0.6 is 35.0 Å². The van der Waals surface area contributed by atoms with E-state index in [1.54, 1.807) is 0 Å². The van der Waals surface area contributed by atoms with Crippen LogP contribution in [0.15, 0.2) is 42.5 Å². The molecule has 0 unspecified atom stereocenters. The van der Waals surface area contributed by atoms with Gasteiger partial charge in [0, 0.05) is 22.3 Å². The molecule has 146 valence electrons. The van der Waals surface area contributed by atoms with Gasteiger partial charge in [0.05, 0.1) is 12.4 Å². The number of halogens is 2. The average molecular weight is 426 g/mol. The number of para-hydroxylation sites is 1. The third kappa shape index (κ3) is 7.65. The van der Waals surface area contributed by atoms with E-state index in [2.05, 4.69) is 18.3 Å². The first-order valence-electron chi connectivity index (χ1n) is 9.09. The summed E-state index contributed by atoms with van der Waals surface area (Å²) in [5, 5.41) is 4.24. The molecule has 0 aliphatic carbocycles. The van der Waals surface area contributed by atoms with Crippen LogP contribution in [0, 0.1) is 0 Å². The summed E-state index contributed by atoms with van der Waals surface area (Å²) in [4.78, 5) is 12.0. The second kappa shape index (κ2) is 12.2. The number of nitrogens with one attached hydrogen (secondary N) is 1. The Morgan fingerprint density at radius 2 is 1.85 bits per heavy atom. The van der Waals surface area contributed by atoms with Crippen molar-refractivity contribution in [3.63, 3.8) is 0 Å². The molecule has 0 aliphatic rings. The minimum atomic E-state index is 0.0266. The summed E-state index contributed by atoms with van der Waals surface area (Å²) in [5.41, 5.74) is 2.06. The van der Waals surface area contributed by atoms with Gasteiger partial charge in [-0.2, -0.15) is 0 Å². The Labute approximate surface area is 175 Å². The van der Waals surface area contributed by atoms with Gasteiger partial charge in [0.1, 0.15) is 5.75 Å². The second-order valence-corrected chi connectivity index (χ2v) is 7.90. The normalized spacial score (nSPS) is 10.6. The first-order chi connectivity index (χ1) is 13.1. The number of thioether (sulfide) groups is 1. The summed E-state index contributed by atoms with van der Waals surface area (Å²) in [6.07, 6.45) is 2.74. The van der Waals surface area contributed by atoms with E-state index in [9.17, 15) is 4.79 Å². The Morgan fingerprint density at radius 1 is 1.11 bits per heavy atom. The maximum absolute atomic E-state index is 12.0. The highest BCUT2D eigenvalue weighted by molar-refractivity contribution is 7.99. The number of aryl methyl sites for hydroxylation is 1. The topological polar surface area (TPSA) is 38.3 Å². The minimum Gasteiger partial charge on any atom is -0.493 e. The van der Waals surface area contributed by atoms with Gasteiger partial charge in [0.25, 0.3) is 0 Å². The molecule has 3 nitrogen and oxygen atoms in total. The Bertz CT molecular complexity index is 720. The van der Waals surface area contributed by atoms with Crippen LogP contribution in [0.25, 0.3) is 0 Å². The number of carbonyl (C=O) groups is 1. The predicted molar refractivity (Wildman–Crippen MR) is 116 cm³/mol. The zero-order valence-corrected chi connectivity index (χ0v) is 17.8. The van der Waals surface area contributed by atoms with E-state index in [4.69, 9.17) is 27.9 Å². The largest absolute Gasteiger partial charge is 0.493 e. The van der Waals surface area contributed by atoms with E-state index in [0.29, 0.717) is 28.1 Å². The monoisotopic (exact) mass is 425 g/mol. The molecule has 0 spiro atoms. The fourth-order valence-corrected chi connectivity index (χ4v) is 4.13. The Hall–Kier alpha value is -1.36. The molecule has 0 aromatic heterocycles. The fourth-order valence-electron chi connectivity index (χ4n) is 2.54. The van der Waals surface area contributed by atoms with Crippen LogP contribution in [0.1, 0.15) is 30.9 Å².